The highest BCUT2D eigenvalue weighted by atomic mass is 19.4. The van der Waals surface area contributed by atoms with Crippen molar-refractivity contribution in [3.63, 3.8) is 0 Å². The molecular formula is C25H44F6O2. The maximum atomic E-state index is 14.0. The molecule has 198 valence electrons. The maximum Gasteiger partial charge on any atom is 0.426 e. The molecule has 0 aliphatic heterocycles. The molecule has 33 heavy (non-hydrogen) atoms. The SMILES string of the molecule is CC.CC.CCC(O)COC(C1CCC2CC3CCCCC3CC2C1)(C(F)(F)F)C(F)(F)F. The van der Waals surface area contributed by atoms with Gasteiger partial charge in [-0.3, -0.25) is 0 Å². The third-order valence-electron chi connectivity index (χ3n) is 7.81. The lowest BCUT2D eigenvalue weighted by molar-refractivity contribution is -0.403. The summed E-state index contributed by atoms with van der Waals surface area (Å²) in [6.07, 6.45) is -6.17. The van der Waals surface area contributed by atoms with Crippen molar-refractivity contribution in [1.29, 1.82) is 0 Å². The third-order valence-corrected chi connectivity index (χ3v) is 7.81. The highest BCUT2D eigenvalue weighted by Gasteiger charge is 2.75. The van der Waals surface area contributed by atoms with Gasteiger partial charge in [-0.2, -0.15) is 26.3 Å². The summed E-state index contributed by atoms with van der Waals surface area (Å²) >= 11 is 0. The number of hydrogen-bond acceptors (Lipinski definition) is 2. The lowest BCUT2D eigenvalue weighted by Crippen LogP contribution is -2.65. The van der Waals surface area contributed by atoms with E-state index >= 15 is 0 Å². The summed E-state index contributed by atoms with van der Waals surface area (Å²) in [5, 5.41) is 9.61. The van der Waals surface area contributed by atoms with Gasteiger partial charge in [0.1, 0.15) is 0 Å². The summed E-state index contributed by atoms with van der Waals surface area (Å²) in [4.78, 5) is 0. The first-order valence-electron chi connectivity index (χ1n) is 12.9. The first-order chi connectivity index (χ1) is 15.5. The molecule has 0 amide bonds. The van der Waals surface area contributed by atoms with Gasteiger partial charge in [0.2, 0.25) is 0 Å². The van der Waals surface area contributed by atoms with Crippen LogP contribution in [-0.4, -0.2) is 35.8 Å². The lowest BCUT2D eigenvalue weighted by atomic mass is 9.57. The van der Waals surface area contributed by atoms with Gasteiger partial charge in [-0.1, -0.05) is 60.3 Å². The molecule has 3 fully saturated rings. The fourth-order valence-electron chi connectivity index (χ4n) is 6.23. The molecule has 0 saturated heterocycles. The Bertz CT molecular complexity index is 534. The highest BCUT2D eigenvalue weighted by molar-refractivity contribution is 5.05. The topological polar surface area (TPSA) is 29.5 Å². The van der Waals surface area contributed by atoms with Gasteiger partial charge in [0.25, 0.3) is 5.60 Å². The predicted molar refractivity (Wildman–Crippen MR) is 119 cm³/mol. The van der Waals surface area contributed by atoms with E-state index in [0.29, 0.717) is 18.3 Å². The first-order valence-corrected chi connectivity index (χ1v) is 12.9. The number of fused-ring (bicyclic) bond motifs is 2. The summed E-state index contributed by atoms with van der Waals surface area (Å²) in [5.74, 6) is -0.499. The zero-order chi connectivity index (χ0) is 25.4. The number of ether oxygens (including phenoxy) is 1. The van der Waals surface area contributed by atoms with E-state index < -0.39 is 36.6 Å². The smallest absolute Gasteiger partial charge is 0.391 e. The van der Waals surface area contributed by atoms with Crippen LogP contribution in [0.1, 0.15) is 98.8 Å². The minimum Gasteiger partial charge on any atom is -0.391 e. The van der Waals surface area contributed by atoms with Crippen molar-refractivity contribution in [2.75, 3.05) is 6.61 Å². The van der Waals surface area contributed by atoms with Crippen molar-refractivity contribution >= 4 is 0 Å². The zero-order valence-electron chi connectivity index (χ0n) is 20.9. The van der Waals surface area contributed by atoms with Gasteiger partial charge in [-0.25, -0.2) is 0 Å². The van der Waals surface area contributed by atoms with Gasteiger partial charge >= 0.3 is 12.4 Å². The van der Waals surface area contributed by atoms with Crippen LogP contribution in [-0.2, 0) is 4.74 Å². The standard InChI is InChI=1S/C21H32F6O2.2C2H6/c1-2-18(28)12-29-19(20(22,23)24,21(25,26)27)17-8-7-15-9-13-5-3-4-6-14(13)10-16(15)11-17;2*1-2/h13-18,28H,2-12H2,1H3;2*1-2H3. The number of aliphatic hydroxyl groups is 1. The van der Waals surface area contributed by atoms with Gasteiger partial charge in [-0.05, 0) is 62.2 Å². The quantitative estimate of drug-likeness (QED) is 0.393. The van der Waals surface area contributed by atoms with Gasteiger partial charge in [0.05, 0.1) is 12.7 Å². The maximum absolute atomic E-state index is 14.0. The molecule has 0 aromatic carbocycles. The molecule has 0 bridgehead atoms. The second-order valence-corrected chi connectivity index (χ2v) is 9.41. The fraction of sp³-hybridized carbons (Fsp3) is 1.00. The normalized spacial score (nSPS) is 31.1. The first kappa shape index (κ1) is 30.5. The van der Waals surface area contributed by atoms with E-state index in [1.165, 1.54) is 13.3 Å². The molecule has 0 heterocycles. The Morgan fingerprint density at radius 1 is 0.727 bits per heavy atom. The molecule has 1 N–H and O–H groups in total. The Hall–Kier alpha value is -0.500. The summed E-state index contributed by atoms with van der Waals surface area (Å²) in [7, 11) is 0. The Morgan fingerprint density at radius 3 is 1.64 bits per heavy atom. The van der Waals surface area contributed by atoms with Crippen LogP contribution in [0.2, 0.25) is 0 Å². The average molecular weight is 491 g/mol. The molecule has 3 aliphatic carbocycles. The fourth-order valence-corrected chi connectivity index (χ4v) is 6.23. The molecule has 8 heteroatoms. The largest absolute Gasteiger partial charge is 0.426 e. The minimum absolute atomic E-state index is 0.0320. The molecule has 0 radical (unpaired) electrons. The summed E-state index contributed by atoms with van der Waals surface area (Å²) in [5.41, 5.74) is -4.20. The number of rotatable bonds is 5. The van der Waals surface area contributed by atoms with Crippen molar-refractivity contribution in [2.24, 2.45) is 29.6 Å². The van der Waals surface area contributed by atoms with Crippen molar-refractivity contribution in [3.8, 4) is 0 Å². The van der Waals surface area contributed by atoms with Gasteiger partial charge < -0.3 is 9.84 Å². The van der Waals surface area contributed by atoms with Gasteiger partial charge in [0, 0.05) is 5.92 Å². The van der Waals surface area contributed by atoms with Crippen LogP contribution in [0.3, 0.4) is 0 Å². The molecular weight excluding hydrogens is 446 g/mol. The number of aliphatic hydroxyl groups excluding tert-OH is 1. The van der Waals surface area contributed by atoms with E-state index in [1.807, 2.05) is 27.7 Å². The number of halogens is 6. The van der Waals surface area contributed by atoms with E-state index in [4.69, 9.17) is 0 Å². The molecule has 2 nitrogen and oxygen atoms in total. The minimum atomic E-state index is -5.59. The molecule has 0 spiro atoms. The van der Waals surface area contributed by atoms with Crippen molar-refractivity contribution in [1.82, 2.24) is 0 Å². The van der Waals surface area contributed by atoms with E-state index in [9.17, 15) is 31.4 Å². The van der Waals surface area contributed by atoms with Crippen molar-refractivity contribution < 1.29 is 36.2 Å². The predicted octanol–water partition coefficient (Wildman–Crippen LogP) is 8.32. The van der Waals surface area contributed by atoms with Crippen LogP contribution in [0, 0.1) is 29.6 Å². The highest BCUT2D eigenvalue weighted by Crippen LogP contribution is 2.58. The van der Waals surface area contributed by atoms with Crippen LogP contribution in [0.5, 0.6) is 0 Å². The summed E-state index contributed by atoms with van der Waals surface area (Å²) < 4.78 is 88.5. The third kappa shape index (κ3) is 6.80. The molecule has 6 unspecified atom stereocenters. The zero-order valence-corrected chi connectivity index (χ0v) is 20.9. The average Bonchev–Trinajstić information content (AvgIpc) is 2.78. The lowest BCUT2D eigenvalue weighted by Gasteiger charge is -2.51. The molecule has 6 atom stereocenters. The van der Waals surface area contributed by atoms with E-state index in [0.717, 1.165) is 32.1 Å². The van der Waals surface area contributed by atoms with Crippen molar-refractivity contribution in [2.45, 2.75) is 123 Å². The molecule has 3 rings (SSSR count). The number of alkyl halides is 6. The van der Waals surface area contributed by atoms with Crippen LogP contribution in [0.4, 0.5) is 26.3 Å². The Morgan fingerprint density at radius 2 is 1.18 bits per heavy atom. The second-order valence-electron chi connectivity index (χ2n) is 9.41. The molecule has 0 aromatic heterocycles. The molecule has 3 aliphatic rings. The second kappa shape index (κ2) is 13.0. The molecule has 3 saturated carbocycles. The van der Waals surface area contributed by atoms with Crippen LogP contribution < -0.4 is 0 Å². The summed E-state index contributed by atoms with van der Waals surface area (Å²) in [6.45, 7) is 8.52. The Labute approximate surface area is 195 Å². The Kier molecular flexibility index (Phi) is 12.0. The number of hydrogen-bond donors (Lipinski definition) is 1. The van der Waals surface area contributed by atoms with E-state index in [-0.39, 0.29) is 31.1 Å². The van der Waals surface area contributed by atoms with E-state index in [1.54, 1.807) is 0 Å². The summed E-state index contributed by atoms with van der Waals surface area (Å²) in [6, 6.07) is 0. The van der Waals surface area contributed by atoms with Crippen LogP contribution in [0.15, 0.2) is 0 Å². The van der Waals surface area contributed by atoms with Gasteiger partial charge in [-0.15, -0.1) is 0 Å². The molecule has 0 aromatic rings. The van der Waals surface area contributed by atoms with E-state index in [2.05, 4.69) is 4.74 Å². The van der Waals surface area contributed by atoms with Crippen LogP contribution >= 0.6 is 0 Å². The Balaban J connectivity index is 0.00000129. The van der Waals surface area contributed by atoms with Gasteiger partial charge in [0.15, 0.2) is 0 Å². The van der Waals surface area contributed by atoms with Crippen LogP contribution in [0.25, 0.3) is 0 Å². The monoisotopic (exact) mass is 490 g/mol. The van der Waals surface area contributed by atoms with Crippen molar-refractivity contribution in [3.05, 3.63) is 0 Å².